The molecule has 4 heteroatoms. The lowest BCUT2D eigenvalue weighted by Crippen LogP contribution is -2.36. The van der Waals surface area contributed by atoms with Crippen LogP contribution in [0, 0.1) is 5.92 Å². The van der Waals surface area contributed by atoms with Crippen molar-refractivity contribution in [2.24, 2.45) is 5.92 Å². The summed E-state index contributed by atoms with van der Waals surface area (Å²) in [5, 5.41) is 1.11. The minimum atomic E-state index is 0.807. The first-order valence-corrected chi connectivity index (χ1v) is 7.64. The molecule has 0 amide bonds. The van der Waals surface area contributed by atoms with Crippen LogP contribution in [0.5, 0.6) is 0 Å². The van der Waals surface area contributed by atoms with Gasteiger partial charge in [-0.25, -0.2) is 4.98 Å². The maximum absolute atomic E-state index is 4.46. The average Bonchev–Trinajstić information content (AvgIpc) is 2.30. The van der Waals surface area contributed by atoms with Gasteiger partial charge in [-0.1, -0.05) is 15.9 Å². The van der Waals surface area contributed by atoms with E-state index >= 15 is 0 Å². The highest BCUT2D eigenvalue weighted by molar-refractivity contribution is 9.10. The van der Waals surface area contributed by atoms with Gasteiger partial charge in [0.1, 0.15) is 5.82 Å². The van der Waals surface area contributed by atoms with Crippen LogP contribution in [0.1, 0.15) is 19.3 Å². The first kappa shape index (κ1) is 12.4. The summed E-state index contributed by atoms with van der Waals surface area (Å²) in [5.41, 5.74) is 0. The summed E-state index contributed by atoms with van der Waals surface area (Å²) in [7, 11) is 0. The lowest BCUT2D eigenvalue weighted by Gasteiger charge is -2.33. The second-order valence-electron chi connectivity index (χ2n) is 4.24. The van der Waals surface area contributed by atoms with Crippen molar-refractivity contribution in [2.75, 3.05) is 23.3 Å². The molecule has 1 aliphatic heterocycles. The van der Waals surface area contributed by atoms with E-state index in [1.807, 2.05) is 12.3 Å². The molecule has 1 atom stereocenters. The van der Waals surface area contributed by atoms with E-state index in [0.29, 0.717) is 0 Å². The number of pyridine rings is 1. The van der Waals surface area contributed by atoms with Crippen molar-refractivity contribution < 1.29 is 0 Å². The van der Waals surface area contributed by atoms with Crippen molar-refractivity contribution >= 4 is 37.7 Å². The molecule has 0 bridgehead atoms. The zero-order chi connectivity index (χ0) is 11.4. The molecule has 1 unspecified atom stereocenters. The molecule has 0 spiro atoms. The highest BCUT2D eigenvalue weighted by atomic mass is 79.9. The summed E-state index contributed by atoms with van der Waals surface area (Å²) in [5.74, 6) is 1.91. The molecule has 0 saturated carbocycles. The Labute approximate surface area is 114 Å². The van der Waals surface area contributed by atoms with Gasteiger partial charge < -0.3 is 4.90 Å². The van der Waals surface area contributed by atoms with Gasteiger partial charge in [-0.2, -0.15) is 0 Å². The van der Waals surface area contributed by atoms with Crippen LogP contribution >= 0.6 is 31.9 Å². The molecule has 0 radical (unpaired) electrons. The van der Waals surface area contributed by atoms with Crippen molar-refractivity contribution in [2.45, 2.75) is 19.3 Å². The summed E-state index contributed by atoms with van der Waals surface area (Å²) in [6.07, 6.45) is 5.77. The number of piperidine rings is 1. The molecule has 0 N–H and O–H groups in total. The van der Waals surface area contributed by atoms with E-state index in [1.165, 1.54) is 19.3 Å². The molecule has 1 aromatic rings. The molecule has 0 aromatic carbocycles. The number of rotatable bonds is 3. The molecule has 1 saturated heterocycles. The Morgan fingerprint density at radius 2 is 2.38 bits per heavy atom. The number of nitrogens with zero attached hydrogens (tertiary/aromatic N) is 2. The Hall–Kier alpha value is -0.0900. The van der Waals surface area contributed by atoms with Gasteiger partial charge in [0.2, 0.25) is 0 Å². The normalized spacial score (nSPS) is 21.1. The molecule has 1 aromatic heterocycles. The van der Waals surface area contributed by atoms with E-state index in [2.05, 4.69) is 47.8 Å². The van der Waals surface area contributed by atoms with Gasteiger partial charge in [0.25, 0.3) is 0 Å². The van der Waals surface area contributed by atoms with E-state index in [-0.39, 0.29) is 0 Å². The second-order valence-corrected chi connectivity index (χ2v) is 5.89. The fourth-order valence-corrected chi connectivity index (χ4v) is 3.41. The third-order valence-corrected chi connectivity index (χ3v) is 4.15. The van der Waals surface area contributed by atoms with E-state index in [4.69, 9.17) is 0 Å². The quantitative estimate of drug-likeness (QED) is 0.772. The van der Waals surface area contributed by atoms with E-state index < -0.39 is 0 Å². The molecule has 0 aliphatic carbocycles. The smallest absolute Gasteiger partial charge is 0.142 e. The summed E-state index contributed by atoms with van der Waals surface area (Å²) in [6.45, 7) is 2.27. The summed E-state index contributed by atoms with van der Waals surface area (Å²) < 4.78 is 1.11. The molecule has 1 fully saturated rings. The van der Waals surface area contributed by atoms with Gasteiger partial charge >= 0.3 is 0 Å². The Morgan fingerprint density at radius 3 is 3.12 bits per heavy atom. The standard InChI is InChI=1S/C12H16Br2N2/c13-6-5-10-3-2-8-16(9-10)12-11(14)4-1-7-15-12/h1,4,7,10H,2-3,5-6,8-9H2. The number of anilines is 1. The van der Waals surface area contributed by atoms with Crippen LogP contribution in [-0.4, -0.2) is 23.4 Å². The molecule has 2 rings (SSSR count). The summed E-state index contributed by atoms with van der Waals surface area (Å²) >= 11 is 7.11. The maximum Gasteiger partial charge on any atom is 0.142 e. The predicted molar refractivity (Wildman–Crippen MR) is 75.3 cm³/mol. The maximum atomic E-state index is 4.46. The predicted octanol–water partition coefficient (Wildman–Crippen LogP) is 3.85. The third kappa shape index (κ3) is 2.98. The summed E-state index contributed by atoms with van der Waals surface area (Å²) in [6, 6.07) is 4.03. The first-order valence-electron chi connectivity index (χ1n) is 5.72. The first-order chi connectivity index (χ1) is 7.81. The molecule has 2 nitrogen and oxygen atoms in total. The molecule has 88 valence electrons. The van der Waals surface area contributed by atoms with Gasteiger partial charge in [-0.05, 0) is 53.2 Å². The van der Waals surface area contributed by atoms with Crippen LogP contribution in [0.3, 0.4) is 0 Å². The minimum absolute atomic E-state index is 0.807. The SMILES string of the molecule is BrCCC1CCCN(c2ncccc2Br)C1. The van der Waals surface area contributed by atoms with E-state index in [0.717, 1.165) is 34.6 Å². The van der Waals surface area contributed by atoms with Crippen LogP contribution < -0.4 is 4.90 Å². The van der Waals surface area contributed by atoms with Crippen molar-refractivity contribution in [1.29, 1.82) is 0 Å². The molecular weight excluding hydrogens is 332 g/mol. The lowest BCUT2D eigenvalue weighted by molar-refractivity contribution is 0.406. The number of alkyl halides is 1. The number of hydrogen-bond acceptors (Lipinski definition) is 2. The van der Waals surface area contributed by atoms with Crippen LogP contribution in [0.2, 0.25) is 0 Å². The highest BCUT2D eigenvalue weighted by Crippen LogP contribution is 2.28. The van der Waals surface area contributed by atoms with Gasteiger partial charge in [-0.3, -0.25) is 0 Å². The average molecular weight is 348 g/mol. The Morgan fingerprint density at radius 1 is 1.50 bits per heavy atom. The monoisotopic (exact) mass is 346 g/mol. The fraction of sp³-hybridized carbons (Fsp3) is 0.583. The Kier molecular flexibility index (Phi) is 4.65. The van der Waals surface area contributed by atoms with Gasteiger partial charge in [0, 0.05) is 24.6 Å². The van der Waals surface area contributed by atoms with Crippen LogP contribution in [-0.2, 0) is 0 Å². The van der Waals surface area contributed by atoms with Gasteiger partial charge in [-0.15, -0.1) is 0 Å². The Balaban J connectivity index is 2.07. The van der Waals surface area contributed by atoms with Crippen molar-refractivity contribution in [3.8, 4) is 0 Å². The van der Waals surface area contributed by atoms with Gasteiger partial charge in [0.05, 0.1) is 4.47 Å². The van der Waals surface area contributed by atoms with Crippen LogP contribution in [0.15, 0.2) is 22.8 Å². The molecule has 1 aliphatic rings. The zero-order valence-electron chi connectivity index (χ0n) is 9.20. The minimum Gasteiger partial charge on any atom is -0.355 e. The fourth-order valence-electron chi connectivity index (χ4n) is 2.26. The van der Waals surface area contributed by atoms with Crippen molar-refractivity contribution in [3.63, 3.8) is 0 Å². The molecule has 16 heavy (non-hydrogen) atoms. The van der Waals surface area contributed by atoms with E-state index in [9.17, 15) is 0 Å². The van der Waals surface area contributed by atoms with Crippen LogP contribution in [0.4, 0.5) is 5.82 Å². The third-order valence-electron chi connectivity index (χ3n) is 3.07. The topological polar surface area (TPSA) is 16.1 Å². The van der Waals surface area contributed by atoms with Crippen molar-refractivity contribution in [3.05, 3.63) is 22.8 Å². The van der Waals surface area contributed by atoms with Crippen LogP contribution in [0.25, 0.3) is 0 Å². The molecule has 2 heterocycles. The number of aromatic nitrogens is 1. The zero-order valence-corrected chi connectivity index (χ0v) is 12.4. The highest BCUT2D eigenvalue weighted by Gasteiger charge is 2.21. The second kappa shape index (κ2) is 6.01. The number of halogens is 2. The molecular formula is C12H16Br2N2. The lowest BCUT2D eigenvalue weighted by atomic mass is 9.96. The Bertz CT molecular complexity index is 342. The largest absolute Gasteiger partial charge is 0.355 e. The van der Waals surface area contributed by atoms with Crippen molar-refractivity contribution in [1.82, 2.24) is 4.98 Å². The van der Waals surface area contributed by atoms with Gasteiger partial charge in [0.15, 0.2) is 0 Å². The number of hydrogen-bond donors (Lipinski definition) is 0. The summed E-state index contributed by atoms with van der Waals surface area (Å²) in [4.78, 5) is 6.87. The van der Waals surface area contributed by atoms with E-state index in [1.54, 1.807) is 0 Å².